The number of fused-ring (bicyclic) bond motifs is 1. The standard InChI is InChI=1S/C25H24ClN3O3/c26-19-13-11-18(12-14-19)22(30)17-29-21-8-4-3-7-20(21)28-24(29)10-2-1-5-15-27-25(31)23-9-6-16-32-23/h3-4,6-9,11-14,16H,1-2,5,10,15,17H2,(H,27,31). The van der Waals surface area contributed by atoms with Gasteiger partial charge in [0.25, 0.3) is 5.91 Å². The number of ketones is 1. The van der Waals surface area contributed by atoms with E-state index in [4.69, 9.17) is 21.0 Å². The Morgan fingerprint density at radius 3 is 2.56 bits per heavy atom. The van der Waals surface area contributed by atoms with Crippen molar-refractivity contribution in [3.8, 4) is 0 Å². The molecule has 2 heterocycles. The molecule has 0 radical (unpaired) electrons. The van der Waals surface area contributed by atoms with Crippen molar-refractivity contribution in [2.45, 2.75) is 32.2 Å². The van der Waals surface area contributed by atoms with E-state index in [0.717, 1.165) is 42.5 Å². The lowest BCUT2D eigenvalue weighted by atomic mass is 10.1. The number of rotatable bonds is 10. The summed E-state index contributed by atoms with van der Waals surface area (Å²) >= 11 is 5.94. The molecule has 2 aromatic heterocycles. The van der Waals surface area contributed by atoms with Gasteiger partial charge in [0.1, 0.15) is 5.82 Å². The topological polar surface area (TPSA) is 77.1 Å². The Morgan fingerprint density at radius 2 is 1.78 bits per heavy atom. The summed E-state index contributed by atoms with van der Waals surface area (Å²) in [4.78, 5) is 29.5. The van der Waals surface area contributed by atoms with Crippen LogP contribution in [0.2, 0.25) is 5.02 Å². The number of aryl methyl sites for hydroxylation is 1. The average molecular weight is 450 g/mol. The molecule has 32 heavy (non-hydrogen) atoms. The number of unbranched alkanes of at least 4 members (excludes halogenated alkanes) is 2. The molecular formula is C25H24ClN3O3. The molecule has 0 aliphatic carbocycles. The third-order valence-corrected chi connectivity index (χ3v) is 5.56. The van der Waals surface area contributed by atoms with Gasteiger partial charge in [-0.15, -0.1) is 0 Å². The summed E-state index contributed by atoms with van der Waals surface area (Å²) in [6, 6.07) is 18.2. The smallest absolute Gasteiger partial charge is 0.286 e. The molecule has 1 N–H and O–H groups in total. The van der Waals surface area contributed by atoms with E-state index < -0.39 is 0 Å². The Kier molecular flexibility index (Phi) is 7.02. The van der Waals surface area contributed by atoms with Gasteiger partial charge in [-0.2, -0.15) is 0 Å². The third-order valence-electron chi connectivity index (χ3n) is 5.31. The predicted octanol–water partition coefficient (Wildman–Crippen LogP) is 5.31. The maximum atomic E-state index is 12.9. The first-order valence-corrected chi connectivity index (χ1v) is 11.0. The number of para-hydroxylation sites is 2. The largest absolute Gasteiger partial charge is 0.459 e. The van der Waals surface area contributed by atoms with Crippen molar-refractivity contribution in [3.63, 3.8) is 0 Å². The molecule has 0 saturated heterocycles. The molecule has 6 nitrogen and oxygen atoms in total. The number of hydrogen-bond acceptors (Lipinski definition) is 4. The molecule has 0 fully saturated rings. The summed E-state index contributed by atoms with van der Waals surface area (Å²) in [6.45, 7) is 0.821. The Morgan fingerprint density at radius 1 is 0.969 bits per heavy atom. The zero-order chi connectivity index (χ0) is 22.3. The van der Waals surface area contributed by atoms with Gasteiger partial charge < -0.3 is 14.3 Å². The number of benzene rings is 2. The summed E-state index contributed by atoms with van der Waals surface area (Å²) in [5.41, 5.74) is 2.47. The van der Waals surface area contributed by atoms with E-state index in [1.807, 2.05) is 28.8 Å². The summed E-state index contributed by atoms with van der Waals surface area (Å²) in [5.74, 6) is 1.04. The number of Topliss-reactive ketones (excluding diaryl/α,β-unsaturated/α-hetero) is 1. The summed E-state index contributed by atoms with van der Waals surface area (Å²) in [7, 11) is 0. The van der Waals surface area contributed by atoms with Crippen LogP contribution in [-0.2, 0) is 13.0 Å². The number of carbonyl (C=O) groups excluding carboxylic acids is 2. The molecule has 0 aliphatic heterocycles. The SMILES string of the molecule is O=C(Cn1c(CCCCCNC(=O)c2ccco2)nc2ccccc21)c1ccc(Cl)cc1. The van der Waals surface area contributed by atoms with Crippen molar-refractivity contribution in [2.24, 2.45) is 0 Å². The van der Waals surface area contributed by atoms with Crippen LogP contribution in [0.5, 0.6) is 0 Å². The van der Waals surface area contributed by atoms with E-state index >= 15 is 0 Å². The lowest BCUT2D eigenvalue weighted by Gasteiger charge is -2.09. The molecule has 0 bridgehead atoms. The third kappa shape index (κ3) is 5.26. The van der Waals surface area contributed by atoms with Gasteiger partial charge in [-0.25, -0.2) is 4.98 Å². The highest BCUT2D eigenvalue weighted by molar-refractivity contribution is 6.30. The van der Waals surface area contributed by atoms with Crippen LogP contribution in [0.1, 0.15) is 46.0 Å². The van der Waals surface area contributed by atoms with Crippen molar-refractivity contribution in [1.82, 2.24) is 14.9 Å². The lowest BCUT2D eigenvalue weighted by molar-refractivity contribution is 0.0924. The van der Waals surface area contributed by atoms with Gasteiger partial charge >= 0.3 is 0 Å². The monoisotopic (exact) mass is 449 g/mol. The Bertz CT molecular complexity index is 1200. The van der Waals surface area contributed by atoms with Crippen LogP contribution in [0.3, 0.4) is 0 Å². The van der Waals surface area contributed by atoms with Crippen molar-refractivity contribution in [2.75, 3.05) is 6.54 Å². The first-order chi connectivity index (χ1) is 15.6. The van der Waals surface area contributed by atoms with Crippen LogP contribution < -0.4 is 5.32 Å². The van der Waals surface area contributed by atoms with Crippen molar-refractivity contribution < 1.29 is 14.0 Å². The molecular weight excluding hydrogens is 426 g/mol. The summed E-state index contributed by atoms with van der Waals surface area (Å²) in [5, 5.41) is 3.46. The second-order valence-corrected chi connectivity index (χ2v) is 8.01. The number of hydrogen-bond donors (Lipinski definition) is 1. The van der Waals surface area contributed by atoms with E-state index in [-0.39, 0.29) is 18.2 Å². The van der Waals surface area contributed by atoms with E-state index in [1.54, 1.807) is 36.4 Å². The Balaban J connectivity index is 1.35. The van der Waals surface area contributed by atoms with Crippen molar-refractivity contribution in [3.05, 3.63) is 89.1 Å². The number of amides is 1. The van der Waals surface area contributed by atoms with Crippen LogP contribution in [0.25, 0.3) is 11.0 Å². The number of imidazole rings is 1. The van der Waals surface area contributed by atoms with Crippen molar-refractivity contribution >= 4 is 34.3 Å². The molecule has 2 aromatic carbocycles. The second-order valence-electron chi connectivity index (χ2n) is 7.58. The molecule has 1 amide bonds. The van der Waals surface area contributed by atoms with Crippen molar-refractivity contribution in [1.29, 1.82) is 0 Å². The zero-order valence-corrected chi connectivity index (χ0v) is 18.3. The number of furan rings is 1. The minimum atomic E-state index is -0.197. The molecule has 0 unspecified atom stereocenters. The van der Waals surface area contributed by atoms with E-state index in [2.05, 4.69) is 5.32 Å². The van der Waals surface area contributed by atoms with E-state index in [9.17, 15) is 9.59 Å². The quantitative estimate of drug-likeness (QED) is 0.263. The van der Waals surface area contributed by atoms with E-state index in [1.165, 1.54) is 6.26 Å². The lowest BCUT2D eigenvalue weighted by Crippen LogP contribution is -2.23. The Labute approximate surface area is 191 Å². The van der Waals surface area contributed by atoms with Crippen LogP contribution in [0, 0.1) is 0 Å². The Hall–Kier alpha value is -3.38. The van der Waals surface area contributed by atoms with Crippen LogP contribution in [0.4, 0.5) is 0 Å². The second kappa shape index (κ2) is 10.3. The molecule has 4 aromatic rings. The fraction of sp³-hybridized carbons (Fsp3) is 0.240. The number of aromatic nitrogens is 2. The highest BCUT2D eigenvalue weighted by Gasteiger charge is 2.15. The predicted molar refractivity (Wildman–Crippen MR) is 124 cm³/mol. The number of nitrogens with zero attached hydrogens (tertiary/aromatic N) is 2. The van der Waals surface area contributed by atoms with Gasteiger partial charge in [-0.1, -0.05) is 30.2 Å². The molecule has 4 rings (SSSR count). The zero-order valence-electron chi connectivity index (χ0n) is 17.6. The highest BCUT2D eigenvalue weighted by atomic mass is 35.5. The molecule has 0 atom stereocenters. The van der Waals surface area contributed by atoms with E-state index in [0.29, 0.717) is 22.9 Å². The molecule has 164 valence electrons. The summed E-state index contributed by atoms with van der Waals surface area (Å²) < 4.78 is 7.09. The van der Waals surface area contributed by atoms with Gasteiger partial charge in [0.05, 0.1) is 23.8 Å². The van der Waals surface area contributed by atoms with Gasteiger partial charge in [0, 0.05) is 23.6 Å². The van der Waals surface area contributed by atoms with Crippen LogP contribution in [-0.4, -0.2) is 27.8 Å². The fourth-order valence-corrected chi connectivity index (χ4v) is 3.77. The summed E-state index contributed by atoms with van der Waals surface area (Å²) in [6.07, 6.45) is 4.95. The van der Waals surface area contributed by atoms with Gasteiger partial charge in [0.2, 0.25) is 0 Å². The first-order valence-electron chi connectivity index (χ1n) is 10.7. The molecule has 0 aliphatic rings. The fourth-order valence-electron chi connectivity index (χ4n) is 3.65. The maximum absolute atomic E-state index is 12.9. The minimum absolute atomic E-state index is 0.0201. The maximum Gasteiger partial charge on any atom is 0.286 e. The highest BCUT2D eigenvalue weighted by Crippen LogP contribution is 2.19. The van der Waals surface area contributed by atoms with Gasteiger partial charge in [-0.3, -0.25) is 9.59 Å². The number of nitrogens with one attached hydrogen (secondary N) is 1. The van der Waals surface area contributed by atoms with Gasteiger partial charge in [0.15, 0.2) is 11.5 Å². The van der Waals surface area contributed by atoms with Crippen LogP contribution in [0.15, 0.2) is 71.3 Å². The average Bonchev–Trinajstić information content (AvgIpc) is 3.45. The first kappa shape index (κ1) is 21.8. The number of carbonyl (C=O) groups is 2. The molecule has 7 heteroatoms. The number of halogens is 1. The molecule has 0 spiro atoms. The normalized spacial score (nSPS) is 11.0. The minimum Gasteiger partial charge on any atom is -0.459 e. The van der Waals surface area contributed by atoms with Crippen LogP contribution >= 0.6 is 11.6 Å². The van der Waals surface area contributed by atoms with Gasteiger partial charge in [-0.05, 0) is 61.4 Å². The molecule has 0 saturated carbocycles.